The van der Waals surface area contributed by atoms with E-state index in [4.69, 9.17) is 11.6 Å². The van der Waals surface area contributed by atoms with Crippen molar-refractivity contribution in [3.8, 4) is 0 Å². The highest BCUT2D eigenvalue weighted by molar-refractivity contribution is 6.30. The van der Waals surface area contributed by atoms with Crippen LogP contribution in [-0.4, -0.2) is 22.8 Å². The summed E-state index contributed by atoms with van der Waals surface area (Å²) < 4.78 is 13.2. The van der Waals surface area contributed by atoms with Crippen molar-refractivity contribution in [2.24, 2.45) is 0 Å². The molecule has 1 heterocycles. The second-order valence-corrected chi connectivity index (χ2v) is 5.79. The summed E-state index contributed by atoms with van der Waals surface area (Å²) in [6, 6.07) is 12.1. The van der Waals surface area contributed by atoms with Gasteiger partial charge < -0.3 is 5.32 Å². The highest BCUT2D eigenvalue weighted by Crippen LogP contribution is 2.21. The van der Waals surface area contributed by atoms with Crippen LogP contribution in [0.3, 0.4) is 0 Å². The number of imide groups is 1. The van der Waals surface area contributed by atoms with Crippen LogP contribution in [0.25, 0.3) is 0 Å². The summed E-state index contributed by atoms with van der Waals surface area (Å²) in [6.45, 7) is 0.205. The van der Waals surface area contributed by atoms with Crippen LogP contribution >= 0.6 is 11.6 Å². The Kier molecular flexibility index (Phi) is 4.30. The number of rotatable bonds is 4. The molecule has 23 heavy (non-hydrogen) atoms. The van der Waals surface area contributed by atoms with Crippen LogP contribution in [0.2, 0.25) is 5.02 Å². The molecule has 1 saturated heterocycles. The summed E-state index contributed by atoms with van der Waals surface area (Å²) in [5.74, 6) is -0.960. The zero-order valence-corrected chi connectivity index (χ0v) is 12.9. The Morgan fingerprint density at radius 1 is 1.17 bits per heavy atom. The Bertz CT molecular complexity index is 749. The second-order valence-electron chi connectivity index (χ2n) is 5.36. The van der Waals surface area contributed by atoms with Gasteiger partial charge in [0.05, 0.1) is 13.0 Å². The van der Waals surface area contributed by atoms with E-state index in [9.17, 15) is 14.0 Å². The van der Waals surface area contributed by atoms with Crippen LogP contribution in [0.15, 0.2) is 48.5 Å². The van der Waals surface area contributed by atoms with Gasteiger partial charge in [0.25, 0.3) is 5.91 Å². The maximum absolute atomic E-state index is 13.2. The topological polar surface area (TPSA) is 49.4 Å². The lowest BCUT2D eigenvalue weighted by atomic mass is 10.2. The number of carbonyl (C=O) groups excluding carboxylic acids is 2. The smallest absolute Gasteiger partial charge is 0.252 e. The average molecular weight is 333 g/mol. The molecule has 1 unspecified atom stereocenters. The molecule has 0 radical (unpaired) electrons. The number of benzene rings is 2. The second kappa shape index (κ2) is 6.38. The third-order valence-corrected chi connectivity index (χ3v) is 3.92. The highest BCUT2D eigenvalue weighted by Gasteiger charge is 2.38. The van der Waals surface area contributed by atoms with Crippen LogP contribution in [0.5, 0.6) is 0 Å². The van der Waals surface area contributed by atoms with Gasteiger partial charge in [0.15, 0.2) is 0 Å². The van der Waals surface area contributed by atoms with Crippen molar-refractivity contribution in [1.82, 2.24) is 4.90 Å². The lowest BCUT2D eigenvalue weighted by molar-refractivity contribution is -0.139. The molecular weight excluding hydrogens is 319 g/mol. The molecule has 4 nitrogen and oxygen atoms in total. The number of halogens is 2. The summed E-state index contributed by atoms with van der Waals surface area (Å²) >= 11 is 5.82. The third-order valence-electron chi connectivity index (χ3n) is 3.66. The zero-order valence-electron chi connectivity index (χ0n) is 12.1. The van der Waals surface area contributed by atoms with Gasteiger partial charge in [-0.1, -0.05) is 29.8 Å². The van der Waals surface area contributed by atoms with E-state index in [0.29, 0.717) is 10.7 Å². The molecule has 1 N–H and O–H groups in total. The van der Waals surface area contributed by atoms with Crippen LogP contribution < -0.4 is 5.32 Å². The molecule has 2 amide bonds. The lowest BCUT2D eigenvalue weighted by Gasteiger charge is -2.16. The minimum Gasteiger partial charge on any atom is -0.373 e. The van der Waals surface area contributed by atoms with Gasteiger partial charge in [-0.2, -0.15) is 0 Å². The molecule has 2 aromatic carbocycles. The van der Waals surface area contributed by atoms with Crippen molar-refractivity contribution < 1.29 is 14.0 Å². The van der Waals surface area contributed by atoms with E-state index < -0.39 is 11.9 Å². The number of hydrogen-bond acceptors (Lipinski definition) is 3. The molecular formula is C17H14ClFN2O2. The molecule has 1 aliphatic rings. The first-order valence-corrected chi connectivity index (χ1v) is 7.51. The molecule has 3 rings (SSSR count). The zero-order chi connectivity index (χ0) is 16.4. The number of carbonyl (C=O) groups is 2. The number of amides is 2. The van der Waals surface area contributed by atoms with Crippen LogP contribution in [-0.2, 0) is 16.1 Å². The molecule has 1 fully saturated rings. The minimum atomic E-state index is -0.670. The molecule has 1 aliphatic heterocycles. The molecule has 2 aromatic rings. The van der Waals surface area contributed by atoms with Crippen LogP contribution in [0.4, 0.5) is 10.1 Å². The Hall–Kier alpha value is -2.40. The van der Waals surface area contributed by atoms with E-state index in [-0.39, 0.29) is 24.8 Å². The van der Waals surface area contributed by atoms with Gasteiger partial charge >= 0.3 is 0 Å². The number of likely N-dealkylation sites (tertiary alicyclic amines) is 1. The van der Waals surface area contributed by atoms with Gasteiger partial charge in [0, 0.05) is 10.7 Å². The molecule has 0 aromatic heterocycles. The Morgan fingerprint density at radius 2 is 1.91 bits per heavy atom. The number of anilines is 1. The van der Waals surface area contributed by atoms with Crippen molar-refractivity contribution in [3.63, 3.8) is 0 Å². The molecule has 0 saturated carbocycles. The van der Waals surface area contributed by atoms with E-state index >= 15 is 0 Å². The first-order valence-electron chi connectivity index (χ1n) is 7.14. The molecule has 0 bridgehead atoms. The van der Waals surface area contributed by atoms with Crippen molar-refractivity contribution >= 4 is 29.1 Å². The average Bonchev–Trinajstić information content (AvgIpc) is 2.77. The van der Waals surface area contributed by atoms with Crippen molar-refractivity contribution in [1.29, 1.82) is 0 Å². The lowest BCUT2D eigenvalue weighted by Crippen LogP contribution is -2.34. The van der Waals surface area contributed by atoms with E-state index in [0.717, 1.165) is 5.56 Å². The molecule has 0 aliphatic carbocycles. The first-order chi connectivity index (χ1) is 11.0. The predicted octanol–water partition coefficient (Wildman–Crippen LogP) is 3.22. The largest absolute Gasteiger partial charge is 0.373 e. The summed E-state index contributed by atoms with van der Waals surface area (Å²) in [5, 5.41) is 3.51. The van der Waals surface area contributed by atoms with Gasteiger partial charge in [-0.15, -0.1) is 0 Å². The van der Waals surface area contributed by atoms with Crippen LogP contribution in [0, 0.1) is 5.82 Å². The predicted molar refractivity (Wildman–Crippen MR) is 85.4 cm³/mol. The standard InChI is InChI=1S/C17H14ClFN2O2/c18-12-6-4-11(5-7-12)10-21-16(22)9-15(17(21)23)20-14-3-1-2-13(19)8-14/h1-8,15,20H,9-10H2. The summed E-state index contributed by atoms with van der Waals surface area (Å²) in [7, 11) is 0. The van der Waals surface area contributed by atoms with Crippen LogP contribution in [0.1, 0.15) is 12.0 Å². The van der Waals surface area contributed by atoms with E-state index in [1.54, 1.807) is 36.4 Å². The van der Waals surface area contributed by atoms with Crippen molar-refractivity contribution in [2.45, 2.75) is 19.0 Å². The fraction of sp³-hybridized carbons (Fsp3) is 0.176. The first kappa shape index (κ1) is 15.5. The van der Waals surface area contributed by atoms with Crippen molar-refractivity contribution in [3.05, 3.63) is 64.9 Å². The Labute approximate surface area is 137 Å². The number of nitrogens with one attached hydrogen (secondary N) is 1. The van der Waals surface area contributed by atoms with Crippen molar-refractivity contribution in [2.75, 3.05) is 5.32 Å². The van der Waals surface area contributed by atoms with Gasteiger partial charge in [0.2, 0.25) is 5.91 Å². The molecule has 1 atom stereocenters. The van der Waals surface area contributed by atoms with E-state index in [2.05, 4.69) is 5.32 Å². The maximum Gasteiger partial charge on any atom is 0.252 e. The van der Waals surface area contributed by atoms with E-state index in [1.165, 1.54) is 17.0 Å². The van der Waals surface area contributed by atoms with Gasteiger partial charge in [-0.05, 0) is 35.9 Å². The quantitative estimate of drug-likeness (QED) is 0.875. The monoisotopic (exact) mass is 332 g/mol. The molecule has 118 valence electrons. The highest BCUT2D eigenvalue weighted by atomic mass is 35.5. The summed E-state index contributed by atoms with van der Waals surface area (Å²) in [4.78, 5) is 25.7. The van der Waals surface area contributed by atoms with Gasteiger partial charge in [-0.3, -0.25) is 14.5 Å². The number of nitrogens with zero attached hydrogens (tertiary/aromatic N) is 1. The molecule has 0 spiro atoms. The van der Waals surface area contributed by atoms with Gasteiger partial charge in [0.1, 0.15) is 11.9 Å². The summed E-state index contributed by atoms with van der Waals surface area (Å²) in [6.07, 6.45) is 0.0585. The SMILES string of the molecule is O=C1CC(Nc2cccc(F)c2)C(=O)N1Cc1ccc(Cl)cc1. The third kappa shape index (κ3) is 3.51. The normalized spacial score (nSPS) is 17.7. The fourth-order valence-corrected chi connectivity index (χ4v) is 2.64. The Balaban J connectivity index is 1.71. The number of hydrogen-bond donors (Lipinski definition) is 1. The summed E-state index contributed by atoms with van der Waals surface area (Å²) in [5.41, 5.74) is 1.30. The van der Waals surface area contributed by atoms with Gasteiger partial charge in [-0.25, -0.2) is 4.39 Å². The Morgan fingerprint density at radius 3 is 2.61 bits per heavy atom. The van der Waals surface area contributed by atoms with E-state index in [1.807, 2.05) is 0 Å². The molecule has 6 heteroatoms. The maximum atomic E-state index is 13.2. The minimum absolute atomic E-state index is 0.0585. The fourth-order valence-electron chi connectivity index (χ4n) is 2.51.